The Morgan fingerprint density at radius 2 is 2.11 bits per heavy atom. The highest BCUT2D eigenvalue weighted by atomic mass is 32.1. The molecule has 1 aliphatic heterocycles. The predicted octanol–water partition coefficient (Wildman–Crippen LogP) is 3.41. The number of rotatable bonds is 6. The van der Waals surface area contributed by atoms with E-state index in [-0.39, 0.29) is 5.91 Å². The van der Waals surface area contributed by atoms with Crippen molar-refractivity contribution in [3.05, 3.63) is 42.5 Å². The van der Waals surface area contributed by atoms with E-state index in [0.29, 0.717) is 17.6 Å². The molecule has 7 heteroatoms. The molecule has 1 fully saturated rings. The standard InChI is InChI=1S/C20H25N5OS/c1-2-18-21-9-12-25(18)13-15-7-10-24(11-8-15)14-19(26)23-20-22-16-5-3-4-6-17(16)27-20/h3-6,9,12,15H,2,7-8,10-11,13-14H2,1H3,(H,22,23,26). The lowest BCUT2D eigenvalue weighted by atomic mass is 9.96. The molecule has 142 valence electrons. The highest BCUT2D eigenvalue weighted by Gasteiger charge is 2.22. The molecule has 0 bridgehead atoms. The van der Waals surface area contributed by atoms with Crippen LogP contribution >= 0.6 is 11.3 Å². The Balaban J connectivity index is 1.25. The summed E-state index contributed by atoms with van der Waals surface area (Å²) in [5.41, 5.74) is 0.935. The smallest absolute Gasteiger partial charge is 0.240 e. The average molecular weight is 384 g/mol. The van der Waals surface area contributed by atoms with Gasteiger partial charge >= 0.3 is 0 Å². The largest absolute Gasteiger partial charge is 0.335 e. The minimum absolute atomic E-state index is 0.0235. The SMILES string of the molecule is CCc1nccn1CC1CCN(CC(=O)Nc2nc3ccccc3s2)CC1. The van der Waals surface area contributed by atoms with Crippen LogP contribution in [0.1, 0.15) is 25.6 Å². The van der Waals surface area contributed by atoms with Gasteiger partial charge in [-0.15, -0.1) is 0 Å². The summed E-state index contributed by atoms with van der Waals surface area (Å²) in [6.45, 7) is 5.55. The van der Waals surface area contributed by atoms with Crippen molar-refractivity contribution in [2.45, 2.75) is 32.7 Å². The number of aromatic nitrogens is 3. The summed E-state index contributed by atoms with van der Waals surface area (Å²) in [7, 11) is 0. The number of benzene rings is 1. The van der Waals surface area contributed by atoms with Crippen LogP contribution in [-0.2, 0) is 17.8 Å². The lowest BCUT2D eigenvalue weighted by Gasteiger charge is -2.31. The van der Waals surface area contributed by atoms with Crippen LogP contribution in [0.25, 0.3) is 10.2 Å². The van der Waals surface area contributed by atoms with E-state index in [1.807, 2.05) is 30.5 Å². The summed E-state index contributed by atoms with van der Waals surface area (Å²) >= 11 is 1.52. The molecule has 3 aromatic rings. The van der Waals surface area contributed by atoms with E-state index in [1.54, 1.807) is 0 Å². The summed E-state index contributed by atoms with van der Waals surface area (Å²) < 4.78 is 3.37. The van der Waals surface area contributed by atoms with Crippen LogP contribution in [0.5, 0.6) is 0 Å². The number of imidazole rings is 1. The molecule has 0 saturated carbocycles. The quantitative estimate of drug-likeness (QED) is 0.709. The second kappa shape index (κ2) is 8.19. The molecular formula is C20H25N5OS. The van der Waals surface area contributed by atoms with Gasteiger partial charge in [-0.3, -0.25) is 9.69 Å². The van der Waals surface area contributed by atoms with E-state index in [9.17, 15) is 4.79 Å². The Hall–Kier alpha value is -2.25. The van der Waals surface area contributed by atoms with Crippen molar-refractivity contribution in [2.75, 3.05) is 25.0 Å². The first kappa shape index (κ1) is 18.1. The average Bonchev–Trinajstić information content (AvgIpc) is 3.28. The minimum atomic E-state index is 0.0235. The van der Waals surface area contributed by atoms with Crippen LogP contribution in [-0.4, -0.2) is 45.0 Å². The normalized spacial score (nSPS) is 16.0. The van der Waals surface area contributed by atoms with Gasteiger partial charge in [-0.1, -0.05) is 30.4 Å². The highest BCUT2D eigenvalue weighted by Crippen LogP contribution is 2.25. The van der Waals surface area contributed by atoms with E-state index >= 15 is 0 Å². The number of fused-ring (bicyclic) bond motifs is 1. The van der Waals surface area contributed by atoms with Gasteiger partial charge in [-0.2, -0.15) is 0 Å². The number of carbonyl (C=O) groups is 1. The monoisotopic (exact) mass is 383 g/mol. The molecule has 0 spiro atoms. The van der Waals surface area contributed by atoms with Crippen LogP contribution in [0.3, 0.4) is 0 Å². The molecular weight excluding hydrogens is 358 g/mol. The third kappa shape index (κ3) is 4.36. The van der Waals surface area contributed by atoms with Crippen LogP contribution in [0, 0.1) is 5.92 Å². The summed E-state index contributed by atoms with van der Waals surface area (Å²) in [6.07, 6.45) is 7.18. The van der Waals surface area contributed by atoms with Crippen molar-refractivity contribution in [3.63, 3.8) is 0 Å². The van der Waals surface area contributed by atoms with Gasteiger partial charge in [0.25, 0.3) is 0 Å². The molecule has 1 aromatic carbocycles. The zero-order chi connectivity index (χ0) is 18.6. The number of carbonyl (C=O) groups excluding carboxylic acids is 1. The predicted molar refractivity (Wildman–Crippen MR) is 109 cm³/mol. The van der Waals surface area contributed by atoms with Gasteiger partial charge in [-0.25, -0.2) is 9.97 Å². The molecule has 1 aliphatic rings. The topological polar surface area (TPSA) is 63.1 Å². The van der Waals surface area contributed by atoms with Crippen LogP contribution in [0.4, 0.5) is 5.13 Å². The molecule has 4 rings (SSSR count). The molecule has 1 N–H and O–H groups in total. The lowest BCUT2D eigenvalue weighted by molar-refractivity contribution is -0.117. The fourth-order valence-electron chi connectivity index (χ4n) is 3.71. The molecule has 0 unspecified atom stereocenters. The first-order valence-electron chi connectivity index (χ1n) is 9.59. The van der Waals surface area contributed by atoms with Crippen LogP contribution < -0.4 is 5.32 Å². The van der Waals surface area contributed by atoms with Crippen molar-refractivity contribution < 1.29 is 4.79 Å². The number of thiazole rings is 1. The number of nitrogens with one attached hydrogen (secondary N) is 1. The fraction of sp³-hybridized carbons (Fsp3) is 0.450. The summed E-state index contributed by atoms with van der Waals surface area (Å²) in [6, 6.07) is 7.95. The molecule has 1 saturated heterocycles. The Bertz CT molecular complexity index is 877. The van der Waals surface area contributed by atoms with Gasteiger partial charge in [0.1, 0.15) is 5.82 Å². The lowest BCUT2D eigenvalue weighted by Crippen LogP contribution is -2.40. The molecule has 3 heterocycles. The maximum absolute atomic E-state index is 12.4. The molecule has 0 radical (unpaired) electrons. The zero-order valence-electron chi connectivity index (χ0n) is 15.6. The first-order chi connectivity index (χ1) is 13.2. The number of amides is 1. The number of para-hydroxylation sites is 1. The number of likely N-dealkylation sites (tertiary alicyclic amines) is 1. The summed E-state index contributed by atoms with van der Waals surface area (Å²) in [5.74, 6) is 1.84. The third-order valence-corrected chi connectivity index (χ3v) is 6.14. The maximum Gasteiger partial charge on any atom is 0.240 e. The molecule has 0 atom stereocenters. The fourth-order valence-corrected chi connectivity index (χ4v) is 4.60. The van der Waals surface area contributed by atoms with Crippen molar-refractivity contribution in [1.82, 2.24) is 19.4 Å². The van der Waals surface area contributed by atoms with Gasteiger partial charge in [-0.05, 0) is 44.0 Å². The van der Waals surface area contributed by atoms with Crippen molar-refractivity contribution >= 4 is 32.6 Å². The molecule has 27 heavy (non-hydrogen) atoms. The maximum atomic E-state index is 12.4. The molecule has 2 aromatic heterocycles. The van der Waals surface area contributed by atoms with Gasteiger partial charge in [0.15, 0.2) is 5.13 Å². The molecule has 1 amide bonds. The number of hydrogen-bond acceptors (Lipinski definition) is 5. The molecule has 6 nitrogen and oxygen atoms in total. The third-order valence-electron chi connectivity index (χ3n) is 5.19. The molecule has 0 aliphatic carbocycles. The Kier molecular flexibility index (Phi) is 5.50. The highest BCUT2D eigenvalue weighted by molar-refractivity contribution is 7.22. The Labute approximate surface area is 163 Å². The van der Waals surface area contributed by atoms with Gasteiger partial charge in [0, 0.05) is 25.4 Å². The number of piperidine rings is 1. The number of nitrogens with zero attached hydrogens (tertiary/aromatic N) is 4. The van der Waals surface area contributed by atoms with Gasteiger partial charge in [0.05, 0.1) is 16.8 Å². The van der Waals surface area contributed by atoms with Crippen molar-refractivity contribution in [1.29, 1.82) is 0 Å². The number of anilines is 1. The van der Waals surface area contributed by atoms with Gasteiger partial charge in [0.2, 0.25) is 5.91 Å². The van der Waals surface area contributed by atoms with E-state index in [4.69, 9.17) is 0 Å². The van der Waals surface area contributed by atoms with E-state index in [2.05, 4.69) is 37.9 Å². The van der Waals surface area contributed by atoms with E-state index in [0.717, 1.165) is 54.9 Å². The second-order valence-corrected chi connectivity index (χ2v) is 8.13. The van der Waals surface area contributed by atoms with Gasteiger partial charge < -0.3 is 9.88 Å². The number of aryl methyl sites for hydroxylation is 1. The minimum Gasteiger partial charge on any atom is -0.335 e. The summed E-state index contributed by atoms with van der Waals surface area (Å²) in [4.78, 5) is 23.5. The second-order valence-electron chi connectivity index (χ2n) is 7.10. The van der Waals surface area contributed by atoms with Crippen molar-refractivity contribution in [3.8, 4) is 0 Å². The van der Waals surface area contributed by atoms with E-state index < -0.39 is 0 Å². The Morgan fingerprint density at radius 1 is 1.30 bits per heavy atom. The Morgan fingerprint density at radius 3 is 2.89 bits per heavy atom. The van der Waals surface area contributed by atoms with Crippen molar-refractivity contribution in [2.24, 2.45) is 5.92 Å². The van der Waals surface area contributed by atoms with Crippen LogP contribution in [0.2, 0.25) is 0 Å². The zero-order valence-corrected chi connectivity index (χ0v) is 16.4. The number of hydrogen-bond donors (Lipinski definition) is 1. The first-order valence-corrected chi connectivity index (χ1v) is 10.4. The van der Waals surface area contributed by atoms with Crippen LogP contribution in [0.15, 0.2) is 36.7 Å². The van der Waals surface area contributed by atoms with E-state index in [1.165, 1.54) is 11.3 Å². The summed E-state index contributed by atoms with van der Waals surface area (Å²) in [5, 5.41) is 3.64.